The van der Waals surface area contributed by atoms with Crippen molar-refractivity contribution in [3.05, 3.63) is 42.0 Å². The van der Waals surface area contributed by atoms with E-state index in [1.807, 2.05) is 0 Å². The normalized spacial score (nSPS) is 28.8. The van der Waals surface area contributed by atoms with Crippen molar-refractivity contribution < 1.29 is 43.3 Å². The van der Waals surface area contributed by atoms with Crippen LogP contribution in [0.3, 0.4) is 0 Å². The van der Waals surface area contributed by atoms with E-state index in [2.05, 4.69) is 0 Å². The lowest BCUT2D eigenvalue weighted by Crippen LogP contribution is -2.52. The molecule has 4 rings (SSSR count). The molecule has 3 heterocycles. The van der Waals surface area contributed by atoms with Gasteiger partial charge >= 0.3 is 11.9 Å². The Morgan fingerprint density at radius 3 is 2.40 bits per heavy atom. The van der Waals surface area contributed by atoms with Crippen LogP contribution < -0.4 is 10.0 Å². The van der Waals surface area contributed by atoms with Crippen molar-refractivity contribution in [2.45, 2.75) is 31.8 Å². The monoisotopic (exact) mass is 414 g/mol. The summed E-state index contributed by atoms with van der Waals surface area (Å²) in [5.74, 6) is -6.34. The fraction of sp³-hybridized carbons (Fsp3) is 0.350. The van der Waals surface area contributed by atoms with Crippen LogP contribution in [0.4, 0.5) is 5.69 Å². The van der Waals surface area contributed by atoms with Gasteiger partial charge in [0, 0.05) is 13.8 Å². The summed E-state index contributed by atoms with van der Waals surface area (Å²) in [6.45, 7) is 2.21. The smallest absolute Gasteiger partial charge is 0.305 e. The lowest BCUT2D eigenvalue weighted by atomic mass is 9.76. The van der Waals surface area contributed by atoms with E-state index in [-0.39, 0.29) is 11.3 Å². The maximum atomic E-state index is 13.3. The number of esters is 2. The number of ether oxygens (including phenoxy) is 3. The number of hydrogen-bond donors (Lipinski definition) is 0. The number of carbonyl (C=O) groups excluding carboxylic acids is 5. The molecule has 2 amide bonds. The number of hydrogen-bond acceptors (Lipinski definition) is 9. The first kappa shape index (κ1) is 19.8. The highest BCUT2D eigenvalue weighted by Gasteiger charge is 2.72. The van der Waals surface area contributed by atoms with Crippen molar-refractivity contribution in [3.8, 4) is 0 Å². The van der Waals surface area contributed by atoms with E-state index in [1.165, 1.54) is 24.3 Å². The SMILES string of the molecule is CC(=O)OC(OC(C)=O)[C@]12C=C[C@H](O1)[C@H]1C(=O)N(c3cccc(C(=O)[O-])c3)C(=O)[C@H]12. The molecule has 3 aliphatic heterocycles. The molecule has 156 valence electrons. The largest absolute Gasteiger partial charge is 0.545 e. The number of carboxylic acid groups (broad SMARTS) is 1. The average molecular weight is 414 g/mol. The van der Waals surface area contributed by atoms with Gasteiger partial charge < -0.3 is 24.1 Å². The second-order valence-corrected chi connectivity index (χ2v) is 7.20. The zero-order valence-corrected chi connectivity index (χ0v) is 15.9. The van der Waals surface area contributed by atoms with Gasteiger partial charge in [0.15, 0.2) is 5.60 Å². The Balaban J connectivity index is 1.75. The molecule has 0 aromatic heterocycles. The molecule has 0 radical (unpaired) electrons. The molecule has 2 fully saturated rings. The average Bonchev–Trinajstić information content (AvgIpc) is 3.32. The first-order valence-corrected chi connectivity index (χ1v) is 9.06. The van der Waals surface area contributed by atoms with Gasteiger partial charge in [0.05, 0.1) is 29.6 Å². The van der Waals surface area contributed by atoms with Crippen LogP contribution >= 0.6 is 0 Å². The fourth-order valence-corrected chi connectivity index (χ4v) is 4.24. The van der Waals surface area contributed by atoms with Crippen molar-refractivity contribution in [2.75, 3.05) is 4.90 Å². The van der Waals surface area contributed by atoms with Gasteiger partial charge in [-0.25, -0.2) is 4.90 Å². The molecule has 1 aromatic rings. The number of anilines is 1. The number of nitrogens with zero attached hydrogens (tertiary/aromatic N) is 1. The Hall–Kier alpha value is -3.53. The highest BCUT2D eigenvalue weighted by molar-refractivity contribution is 6.23. The van der Waals surface area contributed by atoms with Gasteiger partial charge in [-0.3, -0.25) is 19.2 Å². The molecule has 10 heteroatoms. The molecule has 0 N–H and O–H groups in total. The molecule has 1 aromatic carbocycles. The summed E-state index contributed by atoms with van der Waals surface area (Å²) >= 11 is 0. The molecule has 0 unspecified atom stereocenters. The Morgan fingerprint density at radius 1 is 1.13 bits per heavy atom. The minimum Gasteiger partial charge on any atom is -0.545 e. The number of carboxylic acids is 1. The summed E-state index contributed by atoms with van der Waals surface area (Å²) in [6, 6.07) is 5.24. The molecule has 0 spiro atoms. The highest BCUT2D eigenvalue weighted by Crippen LogP contribution is 2.54. The van der Waals surface area contributed by atoms with Crippen LogP contribution in [0.2, 0.25) is 0 Å². The molecule has 0 saturated carbocycles. The Labute approximate surface area is 170 Å². The summed E-state index contributed by atoms with van der Waals surface area (Å²) in [4.78, 5) is 61.6. The predicted molar refractivity (Wildman–Crippen MR) is 94.3 cm³/mol. The number of carbonyl (C=O) groups is 5. The van der Waals surface area contributed by atoms with Crippen LogP contribution in [0, 0.1) is 11.8 Å². The van der Waals surface area contributed by atoms with Crippen LogP contribution in [0.1, 0.15) is 24.2 Å². The van der Waals surface area contributed by atoms with E-state index in [0.29, 0.717) is 0 Å². The molecule has 3 aliphatic rings. The van der Waals surface area contributed by atoms with Crippen LogP contribution in [0.15, 0.2) is 36.4 Å². The molecule has 0 aliphatic carbocycles. The van der Waals surface area contributed by atoms with Gasteiger partial charge in [-0.05, 0) is 23.8 Å². The van der Waals surface area contributed by atoms with E-state index in [1.54, 1.807) is 6.08 Å². The van der Waals surface area contributed by atoms with E-state index in [0.717, 1.165) is 24.8 Å². The van der Waals surface area contributed by atoms with E-state index in [9.17, 15) is 29.1 Å². The molecule has 30 heavy (non-hydrogen) atoms. The third-order valence-corrected chi connectivity index (χ3v) is 5.33. The first-order chi connectivity index (χ1) is 14.2. The third kappa shape index (κ3) is 2.79. The minimum atomic E-state index is -1.67. The quantitative estimate of drug-likeness (QED) is 0.265. The van der Waals surface area contributed by atoms with Crippen LogP contribution in [0.5, 0.6) is 0 Å². The number of rotatable bonds is 5. The molecular formula is C20H16NO9-. The first-order valence-electron chi connectivity index (χ1n) is 9.06. The van der Waals surface area contributed by atoms with Crippen LogP contribution in [-0.2, 0) is 33.4 Å². The number of imide groups is 1. The summed E-state index contributed by atoms with van der Waals surface area (Å²) in [6.07, 6.45) is 0.638. The molecule has 2 saturated heterocycles. The van der Waals surface area contributed by atoms with Gasteiger partial charge in [-0.15, -0.1) is 0 Å². The topological polar surface area (TPSA) is 139 Å². The standard InChI is InChI=1S/C20H17NO9/c1-9(22)28-19(29-10(2)23)20-7-6-13(30-20)14-15(20)17(25)21(16(14)24)12-5-3-4-11(8-12)18(26)27/h3-8,13-15,19H,1-2H3,(H,26,27)/p-1/t13-,14+,15-,20+/m0/s1. The summed E-state index contributed by atoms with van der Waals surface area (Å²) in [7, 11) is 0. The third-order valence-electron chi connectivity index (χ3n) is 5.33. The van der Waals surface area contributed by atoms with Crippen molar-refractivity contribution in [2.24, 2.45) is 11.8 Å². The second kappa shape index (κ2) is 6.77. The number of benzene rings is 1. The molecule has 10 nitrogen and oxygen atoms in total. The Bertz CT molecular complexity index is 999. The van der Waals surface area contributed by atoms with Crippen LogP contribution in [0.25, 0.3) is 0 Å². The van der Waals surface area contributed by atoms with E-state index < -0.39 is 59.6 Å². The number of fused-ring (bicyclic) bond motifs is 5. The fourth-order valence-electron chi connectivity index (χ4n) is 4.24. The number of amides is 2. The molecule has 4 atom stereocenters. The van der Waals surface area contributed by atoms with Gasteiger partial charge in [-0.2, -0.15) is 0 Å². The maximum absolute atomic E-state index is 13.3. The zero-order valence-electron chi connectivity index (χ0n) is 15.9. The van der Waals surface area contributed by atoms with Gasteiger partial charge in [-0.1, -0.05) is 18.2 Å². The summed E-state index contributed by atoms with van der Waals surface area (Å²) in [5, 5.41) is 11.2. The molecular weight excluding hydrogens is 398 g/mol. The van der Waals surface area contributed by atoms with Crippen molar-refractivity contribution >= 4 is 35.4 Å². The summed E-state index contributed by atoms with van der Waals surface area (Å²) < 4.78 is 16.1. The van der Waals surface area contributed by atoms with Crippen molar-refractivity contribution in [1.29, 1.82) is 0 Å². The zero-order chi connectivity index (χ0) is 21.8. The second-order valence-electron chi connectivity index (χ2n) is 7.20. The van der Waals surface area contributed by atoms with Gasteiger partial charge in [0.2, 0.25) is 11.8 Å². The van der Waals surface area contributed by atoms with E-state index >= 15 is 0 Å². The maximum Gasteiger partial charge on any atom is 0.305 e. The van der Waals surface area contributed by atoms with Gasteiger partial charge in [0.25, 0.3) is 6.29 Å². The predicted octanol–water partition coefficient (Wildman–Crippen LogP) is -0.685. The van der Waals surface area contributed by atoms with Crippen LogP contribution in [-0.4, -0.2) is 47.7 Å². The lowest BCUT2D eigenvalue weighted by molar-refractivity contribution is -0.255. The molecule has 2 bridgehead atoms. The lowest BCUT2D eigenvalue weighted by Gasteiger charge is -2.34. The van der Waals surface area contributed by atoms with Crippen molar-refractivity contribution in [3.63, 3.8) is 0 Å². The van der Waals surface area contributed by atoms with Crippen molar-refractivity contribution in [1.82, 2.24) is 0 Å². The Morgan fingerprint density at radius 2 is 1.80 bits per heavy atom. The minimum absolute atomic E-state index is 0.0622. The van der Waals surface area contributed by atoms with Gasteiger partial charge in [0.1, 0.15) is 0 Å². The Kier molecular flexibility index (Phi) is 4.46. The number of aromatic carboxylic acids is 1. The summed E-state index contributed by atoms with van der Waals surface area (Å²) in [5.41, 5.74) is -1.80. The highest BCUT2D eigenvalue weighted by atomic mass is 16.7. The van der Waals surface area contributed by atoms with E-state index in [4.69, 9.17) is 14.2 Å².